The summed E-state index contributed by atoms with van der Waals surface area (Å²) in [7, 11) is 0. The lowest BCUT2D eigenvalue weighted by Crippen LogP contribution is -2.44. The predicted molar refractivity (Wildman–Crippen MR) is 59.4 cm³/mol. The Morgan fingerprint density at radius 3 is 1.35 bits per heavy atom. The Morgan fingerprint density at radius 1 is 0.882 bits per heavy atom. The van der Waals surface area contributed by atoms with Gasteiger partial charge in [-0.3, -0.25) is 9.80 Å². The van der Waals surface area contributed by atoms with Crippen molar-refractivity contribution in [1.82, 2.24) is 9.80 Å². The second-order valence-corrected chi connectivity index (χ2v) is 3.01. The highest BCUT2D eigenvalue weighted by Crippen LogP contribution is 1.94. The largest absolute Gasteiger partial charge is 0.396 e. The lowest BCUT2D eigenvalue weighted by atomic mass is 10.4. The number of hydrogen-bond acceptors (Lipinski definition) is 6. The second kappa shape index (κ2) is 13.1. The summed E-state index contributed by atoms with van der Waals surface area (Å²) < 4.78 is 0. The van der Waals surface area contributed by atoms with Crippen LogP contribution in [0.1, 0.15) is 19.8 Å². The van der Waals surface area contributed by atoms with Gasteiger partial charge in [0.1, 0.15) is 26.9 Å². The Balaban J connectivity index is 0. The third kappa shape index (κ3) is 8.83. The summed E-state index contributed by atoms with van der Waals surface area (Å²) in [5.74, 6) is 0. The van der Waals surface area contributed by atoms with Gasteiger partial charge in [-0.1, -0.05) is 13.3 Å². The summed E-state index contributed by atoms with van der Waals surface area (Å²) in [5.41, 5.74) is 0. The van der Waals surface area contributed by atoms with Crippen LogP contribution in [-0.2, 0) is 0 Å². The Labute approximate surface area is 100 Å². The minimum absolute atomic E-state index is 0.344. The van der Waals surface area contributed by atoms with Gasteiger partial charge in [-0.2, -0.15) is 0 Å². The molecule has 0 radical (unpaired) electrons. The van der Waals surface area contributed by atoms with Crippen molar-refractivity contribution in [3.63, 3.8) is 0 Å². The molecule has 0 saturated heterocycles. The first-order valence-electron chi connectivity index (χ1n) is 5.20. The number of urea groups is 1. The van der Waals surface area contributed by atoms with Crippen molar-refractivity contribution in [1.29, 1.82) is 0 Å². The molecule has 0 spiro atoms. The van der Waals surface area contributed by atoms with E-state index in [2.05, 4.69) is 6.92 Å². The fraction of sp³-hybridized carbons (Fsp3) is 0.889. The first-order valence-corrected chi connectivity index (χ1v) is 5.20. The molecule has 0 unspecified atom stereocenters. The zero-order valence-electron chi connectivity index (χ0n) is 9.99. The Kier molecular flexibility index (Phi) is 14.2. The van der Waals surface area contributed by atoms with E-state index in [9.17, 15) is 4.79 Å². The number of nitrogens with zero attached hydrogens (tertiary/aromatic N) is 2. The quantitative estimate of drug-likeness (QED) is 0.359. The average Bonchev–Trinajstić information content (AvgIpc) is 2.34. The van der Waals surface area contributed by atoms with Gasteiger partial charge in [0.2, 0.25) is 0 Å². The zero-order valence-corrected chi connectivity index (χ0v) is 9.99. The van der Waals surface area contributed by atoms with Crippen molar-refractivity contribution < 1.29 is 30.3 Å². The van der Waals surface area contributed by atoms with E-state index in [1.807, 2.05) is 0 Å². The lowest BCUT2D eigenvalue weighted by Gasteiger charge is -2.24. The van der Waals surface area contributed by atoms with Crippen molar-refractivity contribution in [2.45, 2.75) is 19.8 Å². The first kappa shape index (κ1) is 18.4. The molecule has 0 aliphatic carbocycles. The highest BCUT2D eigenvalue weighted by atomic mass is 16.3. The molecule has 0 atom stereocenters. The van der Waals surface area contributed by atoms with E-state index >= 15 is 0 Å². The summed E-state index contributed by atoms with van der Waals surface area (Å²) >= 11 is 0. The van der Waals surface area contributed by atoms with Crippen LogP contribution in [0.2, 0.25) is 0 Å². The summed E-state index contributed by atoms with van der Waals surface area (Å²) in [5, 5.41) is 42.0. The van der Waals surface area contributed by atoms with E-state index in [0.29, 0.717) is 16.4 Å². The fourth-order valence-electron chi connectivity index (χ4n) is 0.690. The Hall–Kier alpha value is -0.930. The van der Waals surface area contributed by atoms with Crippen molar-refractivity contribution in [2.24, 2.45) is 0 Å². The molecule has 8 heteroatoms. The van der Waals surface area contributed by atoms with Crippen LogP contribution in [0, 0.1) is 0 Å². The summed E-state index contributed by atoms with van der Waals surface area (Å²) in [6.07, 6.45) is 2.04. The van der Waals surface area contributed by atoms with Crippen LogP contribution < -0.4 is 0 Å². The van der Waals surface area contributed by atoms with Gasteiger partial charge in [0.15, 0.2) is 0 Å². The molecular formula is C9H22N2O6. The maximum Gasteiger partial charge on any atom is 0.327 e. The van der Waals surface area contributed by atoms with Gasteiger partial charge >= 0.3 is 6.03 Å². The van der Waals surface area contributed by atoms with Gasteiger partial charge < -0.3 is 25.5 Å². The van der Waals surface area contributed by atoms with E-state index in [0.717, 1.165) is 12.8 Å². The minimum atomic E-state index is -0.843. The van der Waals surface area contributed by atoms with Crippen molar-refractivity contribution >= 4 is 6.03 Å². The predicted octanol–water partition coefficient (Wildman–Crippen LogP) is -1.71. The molecule has 104 valence electrons. The van der Waals surface area contributed by atoms with E-state index in [-0.39, 0.29) is 0 Å². The van der Waals surface area contributed by atoms with Crippen LogP contribution >= 0.6 is 0 Å². The summed E-state index contributed by atoms with van der Waals surface area (Å²) in [6.45, 7) is -0.304. The van der Waals surface area contributed by atoms with Gasteiger partial charge in [0.05, 0.1) is 0 Å². The van der Waals surface area contributed by atoms with Crippen LogP contribution in [0.3, 0.4) is 0 Å². The van der Waals surface area contributed by atoms with Crippen LogP contribution in [0.4, 0.5) is 4.79 Å². The standard InChI is InChI=1S/C5H12N2O5.C4H10O/c8-1-6(2-9)5(12)7(3-10)4-11;1-2-3-4-5/h8-11H,1-4H2;5H,2-4H2,1H3. The normalized spacial score (nSPS) is 9.29. The molecule has 0 aliphatic rings. The number of carbonyl (C=O) groups excluding carboxylic acids is 1. The van der Waals surface area contributed by atoms with Gasteiger partial charge in [-0.25, -0.2) is 4.79 Å². The molecule has 8 nitrogen and oxygen atoms in total. The van der Waals surface area contributed by atoms with Gasteiger partial charge in [-0.15, -0.1) is 0 Å². The highest BCUT2D eigenvalue weighted by Gasteiger charge is 2.17. The van der Waals surface area contributed by atoms with Crippen LogP contribution in [-0.4, -0.2) is 74.9 Å². The molecule has 0 aromatic rings. The van der Waals surface area contributed by atoms with Crippen molar-refractivity contribution in [3.8, 4) is 0 Å². The third-order valence-corrected chi connectivity index (χ3v) is 1.74. The molecule has 0 fully saturated rings. The zero-order chi connectivity index (χ0) is 13.7. The number of aliphatic hydroxyl groups is 5. The van der Waals surface area contributed by atoms with Crippen molar-refractivity contribution in [3.05, 3.63) is 0 Å². The van der Waals surface area contributed by atoms with E-state index in [1.165, 1.54) is 0 Å². The summed E-state index contributed by atoms with van der Waals surface area (Å²) in [4.78, 5) is 12.2. The highest BCUT2D eigenvalue weighted by molar-refractivity contribution is 5.73. The number of hydrogen-bond donors (Lipinski definition) is 5. The minimum Gasteiger partial charge on any atom is -0.396 e. The van der Waals surface area contributed by atoms with Gasteiger partial charge in [-0.05, 0) is 6.42 Å². The molecule has 17 heavy (non-hydrogen) atoms. The van der Waals surface area contributed by atoms with Crippen LogP contribution in [0.5, 0.6) is 0 Å². The number of carbonyl (C=O) groups is 1. The molecule has 0 heterocycles. The molecule has 0 bridgehead atoms. The molecule has 0 rings (SSSR count). The smallest absolute Gasteiger partial charge is 0.327 e. The molecule has 0 saturated carbocycles. The van der Waals surface area contributed by atoms with Crippen molar-refractivity contribution in [2.75, 3.05) is 33.5 Å². The van der Waals surface area contributed by atoms with Gasteiger partial charge in [0, 0.05) is 6.61 Å². The maximum absolute atomic E-state index is 11.0. The third-order valence-electron chi connectivity index (χ3n) is 1.74. The van der Waals surface area contributed by atoms with E-state index in [4.69, 9.17) is 25.5 Å². The Bertz CT molecular complexity index is 157. The molecule has 2 amide bonds. The van der Waals surface area contributed by atoms with Crippen LogP contribution in [0.25, 0.3) is 0 Å². The van der Waals surface area contributed by atoms with Crippen LogP contribution in [0.15, 0.2) is 0 Å². The molecular weight excluding hydrogens is 232 g/mol. The van der Waals surface area contributed by atoms with Gasteiger partial charge in [0.25, 0.3) is 0 Å². The number of amides is 2. The molecule has 0 aromatic carbocycles. The molecule has 0 aromatic heterocycles. The average molecular weight is 254 g/mol. The SMILES string of the molecule is CCCCO.O=C(N(CO)CO)N(CO)CO. The number of aliphatic hydroxyl groups excluding tert-OH is 5. The first-order chi connectivity index (χ1) is 8.12. The summed E-state index contributed by atoms with van der Waals surface area (Å²) in [6, 6.07) is -0.843. The Morgan fingerprint density at radius 2 is 1.24 bits per heavy atom. The fourth-order valence-corrected chi connectivity index (χ4v) is 0.690. The van der Waals surface area contributed by atoms with E-state index in [1.54, 1.807) is 0 Å². The van der Waals surface area contributed by atoms with E-state index < -0.39 is 33.0 Å². The second-order valence-electron chi connectivity index (χ2n) is 3.01. The topological polar surface area (TPSA) is 125 Å². The molecule has 5 N–H and O–H groups in total. The number of rotatable bonds is 6. The monoisotopic (exact) mass is 254 g/mol. The molecule has 0 aliphatic heterocycles. The maximum atomic E-state index is 11.0. The lowest BCUT2D eigenvalue weighted by molar-refractivity contribution is 0.00247. The number of unbranched alkanes of at least 4 members (excludes halogenated alkanes) is 1.